The van der Waals surface area contributed by atoms with E-state index in [-0.39, 0.29) is 18.3 Å². The van der Waals surface area contributed by atoms with Gasteiger partial charge in [-0.3, -0.25) is 9.59 Å². The molecule has 2 aromatic carbocycles. The summed E-state index contributed by atoms with van der Waals surface area (Å²) in [6, 6.07) is 12.2. The van der Waals surface area contributed by atoms with Gasteiger partial charge in [0, 0.05) is 30.1 Å². The smallest absolute Gasteiger partial charge is 0.262 e. The average Bonchev–Trinajstić information content (AvgIpc) is 2.73. The first-order valence-corrected chi connectivity index (χ1v) is 9.63. The Morgan fingerprint density at radius 2 is 1.86 bits per heavy atom. The molecule has 0 aromatic heterocycles. The molecule has 0 aliphatic carbocycles. The minimum Gasteiger partial charge on any atom is -0.484 e. The van der Waals surface area contributed by atoms with Crippen LogP contribution in [0.25, 0.3) is 0 Å². The first-order chi connectivity index (χ1) is 13.6. The van der Waals surface area contributed by atoms with Gasteiger partial charge in [0.2, 0.25) is 0 Å². The monoisotopic (exact) mass is 402 g/mol. The highest BCUT2D eigenvalue weighted by atomic mass is 35.5. The topological polar surface area (TPSA) is 67.9 Å². The standard InChI is InChI=1S/C21H23ClN2O4/c1-2-20(25)15-3-6-17(7-4-15)28-14-21(26)23-18-13-16(22)5-8-19(18)24-9-11-27-12-10-24/h3-8,13H,2,9-12,14H2,1H3,(H,23,26). The van der Waals surface area contributed by atoms with Crippen molar-refractivity contribution in [2.24, 2.45) is 0 Å². The van der Waals surface area contributed by atoms with Crippen LogP contribution < -0.4 is 15.0 Å². The number of morpholine rings is 1. The summed E-state index contributed by atoms with van der Waals surface area (Å²) in [6.07, 6.45) is 0.452. The number of benzene rings is 2. The summed E-state index contributed by atoms with van der Waals surface area (Å²) >= 11 is 6.11. The zero-order valence-corrected chi connectivity index (χ0v) is 16.5. The van der Waals surface area contributed by atoms with E-state index in [0.29, 0.717) is 41.7 Å². The van der Waals surface area contributed by atoms with Crippen LogP contribution in [0.3, 0.4) is 0 Å². The molecule has 0 radical (unpaired) electrons. The van der Waals surface area contributed by atoms with Gasteiger partial charge >= 0.3 is 0 Å². The molecule has 148 valence electrons. The second kappa shape index (κ2) is 9.57. The molecule has 0 unspecified atom stereocenters. The summed E-state index contributed by atoms with van der Waals surface area (Å²) < 4.78 is 10.9. The van der Waals surface area contributed by atoms with Crippen molar-refractivity contribution in [3.8, 4) is 5.75 Å². The van der Waals surface area contributed by atoms with Crippen LogP contribution >= 0.6 is 11.6 Å². The Bertz CT molecular complexity index is 833. The SMILES string of the molecule is CCC(=O)c1ccc(OCC(=O)Nc2cc(Cl)ccc2N2CCOCC2)cc1. The predicted molar refractivity (Wildman–Crippen MR) is 110 cm³/mol. The van der Waals surface area contributed by atoms with Gasteiger partial charge in [-0.15, -0.1) is 0 Å². The van der Waals surface area contributed by atoms with Crippen molar-refractivity contribution in [3.63, 3.8) is 0 Å². The normalized spacial score (nSPS) is 13.9. The van der Waals surface area contributed by atoms with E-state index < -0.39 is 0 Å². The molecule has 7 heteroatoms. The number of nitrogens with zero attached hydrogens (tertiary/aromatic N) is 1. The molecule has 2 aromatic rings. The number of hydrogen-bond acceptors (Lipinski definition) is 5. The molecule has 0 bridgehead atoms. The number of rotatable bonds is 7. The molecule has 1 saturated heterocycles. The lowest BCUT2D eigenvalue weighted by atomic mass is 10.1. The third-order valence-corrected chi connectivity index (χ3v) is 4.69. The number of ether oxygens (including phenoxy) is 2. The average molecular weight is 403 g/mol. The summed E-state index contributed by atoms with van der Waals surface area (Å²) in [5, 5.41) is 3.42. The van der Waals surface area contributed by atoms with Crippen LogP contribution in [0.2, 0.25) is 5.02 Å². The molecule has 1 fully saturated rings. The minimum atomic E-state index is -0.287. The summed E-state index contributed by atoms with van der Waals surface area (Å²) in [5.74, 6) is 0.314. The maximum Gasteiger partial charge on any atom is 0.262 e. The van der Waals surface area contributed by atoms with E-state index in [1.54, 1.807) is 36.4 Å². The number of carbonyl (C=O) groups is 2. The van der Waals surface area contributed by atoms with E-state index >= 15 is 0 Å². The van der Waals surface area contributed by atoms with E-state index in [9.17, 15) is 9.59 Å². The molecule has 1 aliphatic heterocycles. The Kier molecular flexibility index (Phi) is 6.90. The second-order valence-electron chi connectivity index (χ2n) is 6.40. The molecule has 0 atom stereocenters. The first kappa shape index (κ1) is 20.2. The third kappa shape index (κ3) is 5.24. The van der Waals surface area contributed by atoms with E-state index in [0.717, 1.165) is 18.8 Å². The molecule has 28 heavy (non-hydrogen) atoms. The lowest BCUT2D eigenvalue weighted by molar-refractivity contribution is -0.118. The highest BCUT2D eigenvalue weighted by molar-refractivity contribution is 6.31. The van der Waals surface area contributed by atoms with Gasteiger partial charge < -0.3 is 19.7 Å². The van der Waals surface area contributed by atoms with Crippen LogP contribution in [0.15, 0.2) is 42.5 Å². The first-order valence-electron chi connectivity index (χ1n) is 9.25. The fourth-order valence-electron chi connectivity index (χ4n) is 2.96. The summed E-state index contributed by atoms with van der Waals surface area (Å²) in [7, 11) is 0. The summed E-state index contributed by atoms with van der Waals surface area (Å²) in [6.45, 7) is 4.48. The zero-order valence-electron chi connectivity index (χ0n) is 15.7. The van der Waals surface area contributed by atoms with Crippen LogP contribution in [0, 0.1) is 0 Å². The van der Waals surface area contributed by atoms with Crippen molar-refractivity contribution in [1.82, 2.24) is 0 Å². The van der Waals surface area contributed by atoms with Gasteiger partial charge in [0.25, 0.3) is 5.91 Å². The van der Waals surface area contributed by atoms with Crippen LogP contribution in [-0.4, -0.2) is 44.6 Å². The fraction of sp³-hybridized carbons (Fsp3) is 0.333. The number of halogens is 1. The number of carbonyl (C=O) groups excluding carboxylic acids is 2. The van der Waals surface area contributed by atoms with Gasteiger partial charge in [0.15, 0.2) is 12.4 Å². The number of amides is 1. The molecular weight excluding hydrogens is 380 g/mol. The Balaban J connectivity index is 1.61. The third-order valence-electron chi connectivity index (χ3n) is 4.45. The van der Waals surface area contributed by atoms with E-state index in [2.05, 4.69) is 10.2 Å². The molecule has 3 rings (SSSR count). The van der Waals surface area contributed by atoms with Crippen LogP contribution in [0.4, 0.5) is 11.4 Å². The molecule has 0 saturated carbocycles. The van der Waals surface area contributed by atoms with Gasteiger partial charge in [-0.25, -0.2) is 0 Å². The Morgan fingerprint density at radius 3 is 2.54 bits per heavy atom. The second-order valence-corrected chi connectivity index (χ2v) is 6.84. The quantitative estimate of drug-likeness (QED) is 0.714. The van der Waals surface area contributed by atoms with Crippen molar-refractivity contribution in [3.05, 3.63) is 53.1 Å². The number of hydrogen-bond donors (Lipinski definition) is 1. The van der Waals surface area contributed by atoms with Gasteiger partial charge in [0.1, 0.15) is 5.75 Å². The lowest BCUT2D eigenvalue weighted by Gasteiger charge is -2.30. The molecule has 0 spiro atoms. The maximum absolute atomic E-state index is 12.4. The highest BCUT2D eigenvalue weighted by Crippen LogP contribution is 2.30. The summed E-state index contributed by atoms with van der Waals surface area (Å²) in [5.41, 5.74) is 2.18. The predicted octanol–water partition coefficient (Wildman–Crippen LogP) is 3.79. The van der Waals surface area contributed by atoms with Crippen molar-refractivity contribution >= 4 is 34.7 Å². The summed E-state index contributed by atoms with van der Waals surface area (Å²) in [4.78, 5) is 26.2. The molecule has 1 aliphatic rings. The molecule has 1 amide bonds. The van der Waals surface area contributed by atoms with Crippen molar-refractivity contribution in [2.45, 2.75) is 13.3 Å². The van der Waals surface area contributed by atoms with E-state index in [4.69, 9.17) is 21.1 Å². The van der Waals surface area contributed by atoms with E-state index in [1.807, 2.05) is 13.0 Å². The minimum absolute atomic E-state index is 0.0703. The molecular formula is C21H23ClN2O4. The van der Waals surface area contributed by atoms with E-state index in [1.165, 1.54) is 0 Å². The van der Waals surface area contributed by atoms with Gasteiger partial charge in [-0.2, -0.15) is 0 Å². The number of Topliss-reactive ketones (excluding diaryl/α,β-unsaturated/α-hetero) is 1. The number of anilines is 2. The molecule has 1 N–H and O–H groups in total. The largest absolute Gasteiger partial charge is 0.484 e. The van der Waals surface area contributed by atoms with Crippen LogP contribution in [0.5, 0.6) is 5.75 Å². The maximum atomic E-state index is 12.4. The van der Waals surface area contributed by atoms with Gasteiger partial charge in [0.05, 0.1) is 24.6 Å². The van der Waals surface area contributed by atoms with Crippen molar-refractivity contribution in [1.29, 1.82) is 0 Å². The number of ketones is 1. The molecule has 6 nitrogen and oxygen atoms in total. The lowest BCUT2D eigenvalue weighted by Crippen LogP contribution is -2.37. The van der Waals surface area contributed by atoms with Gasteiger partial charge in [-0.1, -0.05) is 18.5 Å². The highest BCUT2D eigenvalue weighted by Gasteiger charge is 2.17. The number of nitrogens with one attached hydrogen (secondary N) is 1. The Hall–Kier alpha value is -2.57. The molecule has 1 heterocycles. The van der Waals surface area contributed by atoms with Crippen LogP contribution in [0.1, 0.15) is 23.7 Å². The van der Waals surface area contributed by atoms with Crippen molar-refractivity contribution in [2.75, 3.05) is 43.1 Å². The zero-order chi connectivity index (χ0) is 19.9. The Morgan fingerprint density at radius 1 is 1.14 bits per heavy atom. The fourth-order valence-corrected chi connectivity index (χ4v) is 3.14. The van der Waals surface area contributed by atoms with Crippen molar-refractivity contribution < 1.29 is 19.1 Å². The van der Waals surface area contributed by atoms with Gasteiger partial charge in [-0.05, 0) is 42.5 Å². The Labute approximate surface area is 169 Å². The van der Waals surface area contributed by atoms with Crippen LogP contribution in [-0.2, 0) is 9.53 Å².